The van der Waals surface area contributed by atoms with E-state index < -0.39 is 0 Å². The molecule has 0 bridgehead atoms. The number of nitrogens with one attached hydrogen (secondary N) is 2. The first-order valence-electron chi connectivity index (χ1n) is 3.60. The van der Waals surface area contributed by atoms with Gasteiger partial charge in [0.1, 0.15) is 21.4 Å². The number of hydrogen-bond donors (Lipinski definition) is 2. The van der Waals surface area contributed by atoms with Gasteiger partial charge in [-0.15, -0.1) is 0 Å². The second kappa shape index (κ2) is 3.04. The molecule has 0 aliphatic heterocycles. The third kappa shape index (κ3) is 1.13. The predicted molar refractivity (Wildman–Crippen MR) is 46.5 cm³/mol. The minimum atomic E-state index is 0.737. The average Bonchev–Trinajstić information content (AvgIpc) is 2.53. The Labute approximate surface area is 72.9 Å². The largest absolute Gasteiger partial charge is 0.337 e. The molecule has 0 amide bonds. The molecule has 1 heterocycles. The lowest BCUT2D eigenvalue weighted by Crippen LogP contribution is -2.07. The molecule has 0 aliphatic carbocycles. The highest BCUT2D eigenvalue weighted by Gasteiger charge is 2.01. The maximum absolute atomic E-state index is 4.04. The van der Waals surface area contributed by atoms with Crippen molar-refractivity contribution in [3.05, 3.63) is 23.8 Å². The number of H-pyrrole nitrogens is 1. The van der Waals surface area contributed by atoms with Crippen LogP contribution in [0, 0.1) is 0 Å². The lowest BCUT2D eigenvalue weighted by Gasteiger charge is -1.98. The number of para-hydroxylation sites is 1. The summed E-state index contributed by atoms with van der Waals surface area (Å²) in [7, 11) is 3.20. The van der Waals surface area contributed by atoms with Crippen LogP contribution in [0.2, 0.25) is 0 Å². The number of rotatable bonds is 2. The summed E-state index contributed by atoms with van der Waals surface area (Å²) < 4.78 is 0. The van der Waals surface area contributed by atoms with Gasteiger partial charge in [0.05, 0.1) is 0 Å². The summed E-state index contributed by atoms with van der Waals surface area (Å²) in [5.74, 6) is 0. The van der Waals surface area contributed by atoms with E-state index in [-0.39, 0.29) is 0 Å². The van der Waals surface area contributed by atoms with Crippen molar-refractivity contribution in [1.29, 1.82) is 0 Å². The van der Waals surface area contributed by atoms with Crippen molar-refractivity contribution in [2.75, 3.05) is 0 Å². The zero-order valence-corrected chi connectivity index (χ0v) is 7.33. The van der Waals surface area contributed by atoms with Crippen LogP contribution in [0.5, 0.6) is 0 Å². The first kappa shape index (κ1) is 7.45. The Bertz CT molecular complexity index is 384. The standard InChI is InChI=1S/C7H7N4Si/c12-8-4-5-2-1-3-6-7(5)10-11-9-6/h1-3,8H,4H2,(H,9,10,11). The van der Waals surface area contributed by atoms with Gasteiger partial charge in [-0.25, -0.2) is 0 Å². The van der Waals surface area contributed by atoms with Crippen LogP contribution in [0.1, 0.15) is 5.56 Å². The molecule has 0 spiro atoms. The van der Waals surface area contributed by atoms with Crippen molar-refractivity contribution in [1.82, 2.24) is 20.4 Å². The summed E-state index contributed by atoms with van der Waals surface area (Å²) in [6, 6.07) is 5.90. The third-order valence-electron chi connectivity index (χ3n) is 1.71. The number of fused-ring (bicyclic) bond motifs is 1. The van der Waals surface area contributed by atoms with Gasteiger partial charge in [0, 0.05) is 6.54 Å². The van der Waals surface area contributed by atoms with Gasteiger partial charge in [0.2, 0.25) is 0 Å². The number of benzene rings is 1. The molecular weight excluding hydrogens is 168 g/mol. The fourth-order valence-corrected chi connectivity index (χ4v) is 1.35. The van der Waals surface area contributed by atoms with Crippen molar-refractivity contribution in [2.24, 2.45) is 0 Å². The number of hydrogen-bond acceptors (Lipinski definition) is 3. The van der Waals surface area contributed by atoms with Gasteiger partial charge < -0.3 is 4.98 Å². The van der Waals surface area contributed by atoms with Crippen molar-refractivity contribution in [2.45, 2.75) is 6.54 Å². The lowest BCUT2D eigenvalue weighted by molar-refractivity contribution is 0.941. The van der Waals surface area contributed by atoms with Crippen LogP contribution in [-0.4, -0.2) is 25.8 Å². The summed E-state index contributed by atoms with van der Waals surface area (Å²) in [4.78, 5) is 2.89. The van der Waals surface area contributed by atoms with Crippen molar-refractivity contribution >= 4 is 21.4 Å². The molecule has 59 valence electrons. The van der Waals surface area contributed by atoms with E-state index in [0.29, 0.717) is 0 Å². The Morgan fingerprint density at radius 1 is 1.42 bits per heavy atom. The molecule has 1 aromatic heterocycles. The predicted octanol–water partition coefficient (Wildman–Crippen LogP) is 0.131. The molecule has 4 nitrogen and oxygen atoms in total. The van der Waals surface area contributed by atoms with Gasteiger partial charge >= 0.3 is 0 Å². The highest BCUT2D eigenvalue weighted by atomic mass is 28.2. The molecule has 0 fully saturated rings. The van der Waals surface area contributed by atoms with E-state index in [1.165, 1.54) is 0 Å². The van der Waals surface area contributed by atoms with E-state index in [1.807, 2.05) is 18.2 Å². The van der Waals surface area contributed by atoms with Crippen molar-refractivity contribution in [3.63, 3.8) is 0 Å². The van der Waals surface area contributed by atoms with E-state index in [2.05, 4.69) is 30.8 Å². The van der Waals surface area contributed by atoms with Gasteiger partial charge in [0.25, 0.3) is 0 Å². The quantitative estimate of drug-likeness (QED) is 0.638. The molecule has 0 aliphatic rings. The Morgan fingerprint density at radius 2 is 2.33 bits per heavy atom. The summed E-state index contributed by atoms with van der Waals surface area (Å²) >= 11 is 0. The van der Waals surface area contributed by atoms with Gasteiger partial charge in [-0.2, -0.15) is 15.4 Å². The van der Waals surface area contributed by atoms with Crippen LogP contribution in [0.4, 0.5) is 0 Å². The van der Waals surface area contributed by atoms with Gasteiger partial charge in [-0.05, 0) is 11.6 Å². The number of nitrogens with zero attached hydrogens (tertiary/aromatic N) is 2. The third-order valence-corrected chi connectivity index (χ3v) is 1.89. The zero-order chi connectivity index (χ0) is 8.39. The van der Waals surface area contributed by atoms with Crippen LogP contribution < -0.4 is 4.98 Å². The molecule has 2 N–H and O–H groups in total. The van der Waals surface area contributed by atoms with Crippen LogP contribution >= 0.6 is 0 Å². The van der Waals surface area contributed by atoms with E-state index in [4.69, 9.17) is 0 Å². The maximum Gasteiger partial charge on any atom is 0.140 e. The average molecular weight is 175 g/mol. The SMILES string of the molecule is [Si]NCc1cccc2n[nH]nc12. The first-order chi connectivity index (χ1) is 5.92. The fraction of sp³-hybridized carbons (Fsp3) is 0.143. The second-order valence-electron chi connectivity index (χ2n) is 2.46. The molecule has 0 saturated carbocycles. The molecule has 5 heteroatoms. The topological polar surface area (TPSA) is 53.6 Å². The molecule has 0 atom stereocenters. The minimum Gasteiger partial charge on any atom is -0.337 e. The zero-order valence-electron chi connectivity index (χ0n) is 6.33. The number of aromatic nitrogens is 3. The molecule has 2 rings (SSSR count). The molecule has 0 saturated heterocycles. The minimum absolute atomic E-state index is 0.737. The lowest BCUT2D eigenvalue weighted by atomic mass is 10.2. The Balaban J connectivity index is 2.57. The normalized spacial score (nSPS) is 10.8. The maximum atomic E-state index is 4.04. The van der Waals surface area contributed by atoms with Crippen LogP contribution in [-0.2, 0) is 6.54 Å². The van der Waals surface area contributed by atoms with Gasteiger partial charge in [-0.1, -0.05) is 12.1 Å². The Morgan fingerprint density at radius 3 is 3.17 bits per heavy atom. The Hall–Kier alpha value is -1.20. The van der Waals surface area contributed by atoms with Crippen molar-refractivity contribution < 1.29 is 0 Å². The summed E-state index contributed by atoms with van der Waals surface area (Å²) in [5.41, 5.74) is 2.94. The van der Waals surface area contributed by atoms with Crippen molar-refractivity contribution in [3.8, 4) is 0 Å². The Kier molecular flexibility index (Phi) is 1.89. The van der Waals surface area contributed by atoms with Gasteiger partial charge in [0.15, 0.2) is 0 Å². The number of aromatic amines is 1. The van der Waals surface area contributed by atoms with E-state index in [9.17, 15) is 0 Å². The van der Waals surface area contributed by atoms with E-state index >= 15 is 0 Å². The first-order valence-corrected chi connectivity index (χ1v) is 4.10. The summed E-state index contributed by atoms with van der Waals surface area (Å²) in [6.45, 7) is 0.737. The fourth-order valence-electron chi connectivity index (χ4n) is 1.16. The van der Waals surface area contributed by atoms with Crippen LogP contribution in [0.3, 0.4) is 0 Å². The molecular formula is C7H7N4Si. The molecule has 1 aromatic carbocycles. The highest BCUT2D eigenvalue weighted by Crippen LogP contribution is 2.12. The molecule has 12 heavy (non-hydrogen) atoms. The van der Waals surface area contributed by atoms with Crippen LogP contribution in [0.15, 0.2) is 18.2 Å². The highest BCUT2D eigenvalue weighted by molar-refractivity contribution is 6.04. The van der Waals surface area contributed by atoms with Crippen LogP contribution in [0.25, 0.3) is 11.0 Å². The molecule has 3 radical (unpaired) electrons. The molecule has 2 aromatic rings. The van der Waals surface area contributed by atoms with E-state index in [1.54, 1.807) is 0 Å². The van der Waals surface area contributed by atoms with E-state index in [0.717, 1.165) is 23.1 Å². The second-order valence-corrected chi connectivity index (χ2v) is 2.82. The summed E-state index contributed by atoms with van der Waals surface area (Å²) in [6.07, 6.45) is 0. The van der Waals surface area contributed by atoms with Gasteiger partial charge in [-0.3, -0.25) is 0 Å². The smallest absolute Gasteiger partial charge is 0.140 e. The summed E-state index contributed by atoms with van der Waals surface area (Å²) in [5, 5.41) is 10.6. The monoisotopic (exact) mass is 175 g/mol. The molecule has 0 unspecified atom stereocenters.